The van der Waals surface area contributed by atoms with Gasteiger partial charge < -0.3 is 15.6 Å². The van der Waals surface area contributed by atoms with Gasteiger partial charge in [-0.2, -0.15) is 5.10 Å². The zero-order chi connectivity index (χ0) is 19.0. The van der Waals surface area contributed by atoms with Crippen molar-refractivity contribution in [2.75, 3.05) is 0 Å². The van der Waals surface area contributed by atoms with Crippen molar-refractivity contribution in [1.29, 1.82) is 0 Å². The third kappa shape index (κ3) is 3.22. The van der Waals surface area contributed by atoms with Crippen LogP contribution in [-0.2, 0) is 0 Å². The Morgan fingerprint density at radius 2 is 1.89 bits per heavy atom. The van der Waals surface area contributed by atoms with Gasteiger partial charge in [0, 0.05) is 12.5 Å². The van der Waals surface area contributed by atoms with Crippen molar-refractivity contribution in [3.8, 4) is 11.6 Å². The molecule has 0 radical (unpaired) electrons. The summed E-state index contributed by atoms with van der Waals surface area (Å²) in [5, 5.41) is 24.6. The highest BCUT2D eigenvalue weighted by Gasteiger charge is 2.29. The molecule has 0 spiro atoms. The topological polar surface area (TPSA) is 120 Å². The third-order valence-electron chi connectivity index (χ3n) is 5.37. The van der Waals surface area contributed by atoms with Gasteiger partial charge in [0.05, 0.1) is 11.8 Å². The second-order valence-corrected chi connectivity index (χ2v) is 7.16. The normalized spacial score (nSPS) is 20.3. The molecule has 1 aromatic heterocycles. The molecule has 1 fully saturated rings. The molecule has 8 heteroatoms. The summed E-state index contributed by atoms with van der Waals surface area (Å²) in [6.07, 6.45) is 5.07. The Morgan fingerprint density at radius 1 is 1.11 bits per heavy atom. The van der Waals surface area contributed by atoms with Crippen molar-refractivity contribution in [3.05, 3.63) is 56.2 Å². The molecule has 8 nitrogen and oxygen atoms in total. The number of aromatic amines is 1. The molecule has 2 aromatic rings. The van der Waals surface area contributed by atoms with Gasteiger partial charge in [0.15, 0.2) is 0 Å². The number of aromatic nitrogens is 2. The maximum absolute atomic E-state index is 12.4. The largest absolute Gasteiger partial charge is 0.508 e. The van der Waals surface area contributed by atoms with Crippen LogP contribution in [0, 0.1) is 0 Å². The molecular formula is C19H22N4O4. The lowest BCUT2D eigenvalue weighted by Crippen LogP contribution is -2.36. The molecular weight excluding hydrogens is 348 g/mol. The Balaban J connectivity index is 1.68. The second-order valence-electron chi connectivity index (χ2n) is 7.16. The fourth-order valence-corrected chi connectivity index (χ4v) is 4.01. The Bertz CT molecular complexity index is 1000. The first kappa shape index (κ1) is 17.4. The van der Waals surface area contributed by atoms with Crippen molar-refractivity contribution >= 4 is 5.71 Å². The minimum Gasteiger partial charge on any atom is -0.508 e. The molecule has 0 amide bonds. The summed E-state index contributed by atoms with van der Waals surface area (Å²) in [5.41, 5.74) is 2.98. The van der Waals surface area contributed by atoms with Crippen molar-refractivity contribution in [1.82, 2.24) is 15.0 Å². The van der Waals surface area contributed by atoms with Gasteiger partial charge in [-0.05, 0) is 30.5 Å². The first-order valence-electron chi connectivity index (χ1n) is 9.24. The van der Waals surface area contributed by atoms with E-state index in [1.54, 1.807) is 18.2 Å². The van der Waals surface area contributed by atoms with E-state index in [1.165, 1.54) is 4.57 Å². The fraction of sp³-hybridized carbons (Fsp3) is 0.421. The Morgan fingerprint density at radius 3 is 2.63 bits per heavy atom. The summed E-state index contributed by atoms with van der Waals surface area (Å²) >= 11 is 0. The highest BCUT2D eigenvalue weighted by atomic mass is 16.3. The van der Waals surface area contributed by atoms with Gasteiger partial charge in [0.2, 0.25) is 5.88 Å². The predicted octanol–water partition coefficient (Wildman–Crippen LogP) is 1.89. The van der Waals surface area contributed by atoms with Crippen LogP contribution in [0.3, 0.4) is 0 Å². The van der Waals surface area contributed by atoms with E-state index in [2.05, 4.69) is 15.5 Å². The molecule has 1 saturated carbocycles. The molecule has 27 heavy (non-hydrogen) atoms. The maximum atomic E-state index is 12.4. The van der Waals surface area contributed by atoms with E-state index in [4.69, 9.17) is 0 Å². The number of nitrogens with one attached hydrogen (secondary N) is 2. The summed E-state index contributed by atoms with van der Waals surface area (Å²) in [5.74, 6) is -0.165. The first-order valence-corrected chi connectivity index (χ1v) is 9.24. The number of rotatable bonds is 3. The minimum absolute atomic E-state index is 0.0373. The smallest absolute Gasteiger partial charge is 0.331 e. The van der Waals surface area contributed by atoms with Crippen LogP contribution in [0.4, 0.5) is 0 Å². The van der Waals surface area contributed by atoms with Crippen LogP contribution in [0.5, 0.6) is 11.6 Å². The van der Waals surface area contributed by atoms with Crippen LogP contribution < -0.4 is 16.7 Å². The average molecular weight is 370 g/mol. The number of H-pyrrole nitrogens is 1. The van der Waals surface area contributed by atoms with Gasteiger partial charge in [-0.25, -0.2) is 4.79 Å². The zero-order valence-corrected chi connectivity index (χ0v) is 14.8. The third-order valence-corrected chi connectivity index (χ3v) is 5.37. The Kier molecular flexibility index (Phi) is 4.47. The summed E-state index contributed by atoms with van der Waals surface area (Å²) < 4.78 is 1.31. The zero-order valence-electron chi connectivity index (χ0n) is 14.8. The van der Waals surface area contributed by atoms with Crippen LogP contribution in [0.1, 0.15) is 61.7 Å². The monoisotopic (exact) mass is 370 g/mol. The minimum atomic E-state index is -0.637. The van der Waals surface area contributed by atoms with E-state index >= 15 is 0 Å². The van der Waals surface area contributed by atoms with Crippen LogP contribution in [0.2, 0.25) is 0 Å². The molecule has 1 aliphatic heterocycles. The van der Waals surface area contributed by atoms with Crippen LogP contribution >= 0.6 is 0 Å². The van der Waals surface area contributed by atoms with Crippen molar-refractivity contribution in [3.63, 3.8) is 0 Å². The molecule has 142 valence electrons. The standard InChI is InChI=1S/C19H22N4O4/c24-13-8-4-5-11(9-13)14-10-15(22-21-14)16-17(25)20-19(27)23(18(16)26)12-6-2-1-3-7-12/h4-5,8-9,12,14,21,24,26H,1-3,6-7,10H2,(H,20,25,27)/t14-/m1/s1. The molecule has 4 rings (SSSR count). The van der Waals surface area contributed by atoms with Gasteiger partial charge in [-0.15, -0.1) is 0 Å². The van der Waals surface area contributed by atoms with Crippen LogP contribution in [-0.4, -0.2) is 25.5 Å². The molecule has 0 saturated heterocycles. The van der Waals surface area contributed by atoms with Crippen molar-refractivity contribution in [2.45, 2.75) is 50.6 Å². The van der Waals surface area contributed by atoms with E-state index < -0.39 is 11.2 Å². The average Bonchev–Trinajstić information content (AvgIpc) is 3.12. The van der Waals surface area contributed by atoms with Crippen molar-refractivity contribution < 1.29 is 10.2 Å². The maximum Gasteiger partial charge on any atom is 0.331 e. The summed E-state index contributed by atoms with van der Waals surface area (Å²) in [7, 11) is 0. The van der Waals surface area contributed by atoms with Crippen molar-refractivity contribution in [2.24, 2.45) is 5.10 Å². The number of hydrogen-bond donors (Lipinski definition) is 4. The quantitative estimate of drug-likeness (QED) is 0.658. The number of phenols is 1. The van der Waals surface area contributed by atoms with E-state index in [0.717, 1.165) is 37.7 Å². The predicted molar refractivity (Wildman–Crippen MR) is 100 cm³/mol. The first-order chi connectivity index (χ1) is 13.0. The lowest BCUT2D eigenvalue weighted by Gasteiger charge is -2.25. The molecule has 2 heterocycles. The van der Waals surface area contributed by atoms with Gasteiger partial charge in [-0.3, -0.25) is 14.3 Å². The van der Waals surface area contributed by atoms with Gasteiger partial charge in [0.1, 0.15) is 11.3 Å². The Labute approximate surface area is 155 Å². The van der Waals surface area contributed by atoms with E-state index in [1.807, 2.05) is 6.07 Å². The van der Waals surface area contributed by atoms with Gasteiger partial charge >= 0.3 is 5.69 Å². The van der Waals surface area contributed by atoms with E-state index in [0.29, 0.717) is 12.1 Å². The summed E-state index contributed by atoms with van der Waals surface area (Å²) in [6, 6.07) is 6.46. The fourth-order valence-electron chi connectivity index (χ4n) is 4.01. The highest BCUT2D eigenvalue weighted by Crippen LogP contribution is 2.32. The lowest BCUT2D eigenvalue weighted by atomic mass is 9.95. The molecule has 1 aromatic carbocycles. The number of nitrogens with zero attached hydrogens (tertiary/aromatic N) is 2. The molecule has 4 N–H and O–H groups in total. The summed E-state index contributed by atoms with van der Waals surface area (Å²) in [6.45, 7) is 0. The number of hydrazone groups is 1. The van der Waals surface area contributed by atoms with Gasteiger partial charge in [-0.1, -0.05) is 31.4 Å². The molecule has 0 unspecified atom stereocenters. The number of benzene rings is 1. The Hall–Kier alpha value is -3.03. The molecule has 1 atom stereocenters. The number of hydrogen-bond acceptors (Lipinski definition) is 6. The SMILES string of the molecule is O=c1[nH]c(=O)n(C2CCCCC2)c(O)c1C1=NN[C@@H](c2cccc(O)c2)C1. The molecule has 0 bridgehead atoms. The summed E-state index contributed by atoms with van der Waals surface area (Å²) in [4.78, 5) is 27.0. The molecule has 1 aliphatic carbocycles. The lowest BCUT2D eigenvalue weighted by molar-refractivity contribution is 0.298. The number of aromatic hydroxyl groups is 2. The second kappa shape index (κ2) is 6.94. The number of phenolic OH excluding ortho intramolecular Hbond substituents is 1. The van der Waals surface area contributed by atoms with Crippen LogP contribution in [0.15, 0.2) is 39.0 Å². The highest BCUT2D eigenvalue weighted by molar-refractivity contribution is 6.03. The van der Waals surface area contributed by atoms with Gasteiger partial charge in [0.25, 0.3) is 5.56 Å². The van der Waals surface area contributed by atoms with Crippen LogP contribution in [0.25, 0.3) is 0 Å². The van der Waals surface area contributed by atoms with E-state index in [9.17, 15) is 19.8 Å². The van der Waals surface area contributed by atoms with E-state index in [-0.39, 0.29) is 29.3 Å². The molecule has 2 aliphatic rings.